The second-order valence-electron chi connectivity index (χ2n) is 3.31. The second kappa shape index (κ2) is 4.14. The van der Waals surface area contributed by atoms with Gasteiger partial charge in [0.2, 0.25) is 5.91 Å². The summed E-state index contributed by atoms with van der Waals surface area (Å²) in [5.41, 5.74) is 5.59. The summed E-state index contributed by atoms with van der Waals surface area (Å²) in [5, 5.41) is 0. The van der Waals surface area contributed by atoms with Gasteiger partial charge in [0.05, 0.1) is 6.04 Å². The summed E-state index contributed by atoms with van der Waals surface area (Å²) < 4.78 is 0. The first kappa shape index (κ1) is 9.86. The van der Waals surface area contributed by atoms with Gasteiger partial charge in [-0.15, -0.1) is 0 Å². The van der Waals surface area contributed by atoms with Crippen LogP contribution in [-0.2, 0) is 4.79 Å². The van der Waals surface area contributed by atoms with Gasteiger partial charge >= 0.3 is 0 Å². The van der Waals surface area contributed by atoms with Gasteiger partial charge in [0.1, 0.15) is 0 Å². The second-order valence-corrected chi connectivity index (χ2v) is 3.68. The van der Waals surface area contributed by atoms with Crippen molar-refractivity contribution in [2.24, 2.45) is 5.73 Å². The molecule has 0 aromatic heterocycles. The van der Waals surface area contributed by atoms with Gasteiger partial charge in [0, 0.05) is 18.3 Å². The minimum absolute atomic E-state index is 0.0509. The van der Waals surface area contributed by atoms with E-state index in [1.807, 2.05) is 4.90 Å². The molecule has 2 N–H and O–H groups in total. The predicted molar refractivity (Wildman–Crippen MR) is 52.2 cm³/mol. The summed E-state index contributed by atoms with van der Waals surface area (Å²) in [6, 6.07) is -0.0580. The smallest absolute Gasteiger partial charge is 0.240 e. The Morgan fingerprint density at radius 2 is 2.50 bits per heavy atom. The van der Waals surface area contributed by atoms with E-state index in [1.54, 1.807) is 0 Å². The van der Waals surface area contributed by atoms with Gasteiger partial charge in [-0.1, -0.05) is 0 Å². The maximum atomic E-state index is 11.5. The molecule has 1 heterocycles. The molecule has 0 bridgehead atoms. The molecule has 1 saturated heterocycles. The van der Waals surface area contributed by atoms with E-state index in [9.17, 15) is 4.79 Å². The van der Waals surface area contributed by atoms with Crippen LogP contribution in [0, 0.1) is 0 Å². The van der Waals surface area contributed by atoms with Crippen LogP contribution in [0.3, 0.4) is 0 Å². The lowest BCUT2D eigenvalue weighted by molar-refractivity contribution is -0.132. The van der Waals surface area contributed by atoms with Gasteiger partial charge < -0.3 is 10.6 Å². The average molecular weight is 188 g/mol. The SMILES string of the molecule is CC1CCCN1C(=O)C(N)CS. The van der Waals surface area contributed by atoms with Crippen molar-refractivity contribution in [3.05, 3.63) is 0 Å². The van der Waals surface area contributed by atoms with Crippen LogP contribution < -0.4 is 5.73 Å². The van der Waals surface area contributed by atoms with Crippen molar-refractivity contribution in [1.29, 1.82) is 0 Å². The van der Waals surface area contributed by atoms with Crippen LogP contribution in [0.4, 0.5) is 0 Å². The van der Waals surface area contributed by atoms with Crippen molar-refractivity contribution in [2.75, 3.05) is 12.3 Å². The van der Waals surface area contributed by atoms with Crippen molar-refractivity contribution in [3.63, 3.8) is 0 Å². The first-order chi connectivity index (χ1) is 5.66. The van der Waals surface area contributed by atoms with E-state index in [0.29, 0.717) is 11.8 Å². The van der Waals surface area contributed by atoms with Gasteiger partial charge in [-0.3, -0.25) is 4.79 Å². The van der Waals surface area contributed by atoms with Gasteiger partial charge in [-0.05, 0) is 19.8 Å². The summed E-state index contributed by atoms with van der Waals surface area (Å²) in [7, 11) is 0. The molecule has 1 aliphatic rings. The average Bonchev–Trinajstić information content (AvgIpc) is 2.48. The van der Waals surface area contributed by atoms with Gasteiger partial charge in [0.15, 0.2) is 0 Å². The van der Waals surface area contributed by atoms with Crippen molar-refractivity contribution in [1.82, 2.24) is 4.90 Å². The van der Waals surface area contributed by atoms with Crippen molar-refractivity contribution in [3.8, 4) is 0 Å². The predicted octanol–water partition coefficient (Wildman–Crippen LogP) is 0.254. The Kier molecular flexibility index (Phi) is 3.40. The van der Waals surface area contributed by atoms with Crippen molar-refractivity contribution < 1.29 is 4.79 Å². The third kappa shape index (κ3) is 1.93. The van der Waals surface area contributed by atoms with E-state index in [4.69, 9.17) is 5.73 Å². The molecule has 0 aromatic rings. The number of nitrogens with two attached hydrogens (primary N) is 1. The highest BCUT2D eigenvalue weighted by Crippen LogP contribution is 2.16. The third-order valence-electron chi connectivity index (χ3n) is 2.35. The Balaban J connectivity index is 2.51. The molecule has 0 aromatic carbocycles. The quantitative estimate of drug-likeness (QED) is 0.610. The van der Waals surface area contributed by atoms with Crippen molar-refractivity contribution >= 4 is 18.5 Å². The minimum atomic E-state index is -0.422. The number of likely N-dealkylation sites (tertiary alicyclic amines) is 1. The number of thiol groups is 1. The molecular formula is C8H16N2OS. The number of carbonyl (C=O) groups excluding carboxylic acids is 1. The molecule has 1 amide bonds. The zero-order valence-corrected chi connectivity index (χ0v) is 8.26. The lowest BCUT2D eigenvalue weighted by atomic mass is 10.2. The molecule has 0 aliphatic carbocycles. The van der Waals surface area contributed by atoms with E-state index in [0.717, 1.165) is 19.4 Å². The molecule has 0 radical (unpaired) electrons. The monoisotopic (exact) mass is 188 g/mol. The van der Waals surface area contributed by atoms with Crippen LogP contribution in [0.1, 0.15) is 19.8 Å². The Hall–Kier alpha value is -0.220. The number of hydrogen-bond acceptors (Lipinski definition) is 3. The lowest BCUT2D eigenvalue weighted by Crippen LogP contribution is -2.46. The van der Waals surface area contributed by atoms with E-state index >= 15 is 0 Å². The highest BCUT2D eigenvalue weighted by Gasteiger charge is 2.27. The Morgan fingerprint density at radius 1 is 1.83 bits per heavy atom. The Bertz CT molecular complexity index is 174. The van der Waals surface area contributed by atoms with Crippen LogP contribution in [0.15, 0.2) is 0 Å². The molecule has 4 heteroatoms. The highest BCUT2D eigenvalue weighted by atomic mass is 32.1. The summed E-state index contributed by atoms with van der Waals surface area (Å²) in [6.45, 7) is 2.93. The van der Waals surface area contributed by atoms with E-state index in [1.165, 1.54) is 0 Å². The topological polar surface area (TPSA) is 46.3 Å². The maximum Gasteiger partial charge on any atom is 0.240 e. The number of carbonyl (C=O) groups is 1. The molecular weight excluding hydrogens is 172 g/mol. The van der Waals surface area contributed by atoms with Crippen LogP contribution in [-0.4, -0.2) is 35.2 Å². The summed E-state index contributed by atoms with van der Waals surface area (Å²) in [4.78, 5) is 13.4. The maximum absolute atomic E-state index is 11.5. The third-order valence-corrected chi connectivity index (χ3v) is 2.74. The van der Waals surface area contributed by atoms with Gasteiger partial charge in [0.25, 0.3) is 0 Å². The fraction of sp³-hybridized carbons (Fsp3) is 0.875. The lowest BCUT2D eigenvalue weighted by Gasteiger charge is -2.23. The molecule has 12 heavy (non-hydrogen) atoms. The first-order valence-corrected chi connectivity index (χ1v) is 4.97. The van der Waals surface area contributed by atoms with E-state index in [2.05, 4.69) is 19.6 Å². The largest absolute Gasteiger partial charge is 0.339 e. The van der Waals surface area contributed by atoms with E-state index in [-0.39, 0.29) is 5.91 Å². The number of rotatable bonds is 2. The summed E-state index contributed by atoms with van der Waals surface area (Å²) >= 11 is 4.00. The van der Waals surface area contributed by atoms with Crippen molar-refractivity contribution in [2.45, 2.75) is 31.8 Å². The summed E-state index contributed by atoms with van der Waals surface area (Å²) in [6.07, 6.45) is 2.21. The standard InChI is InChI=1S/C8H16N2OS/c1-6-3-2-4-10(6)8(11)7(9)5-12/h6-7,12H,2-5,9H2,1H3. The molecule has 0 spiro atoms. The fourth-order valence-corrected chi connectivity index (χ4v) is 1.71. The van der Waals surface area contributed by atoms with Gasteiger partial charge in [-0.25, -0.2) is 0 Å². The molecule has 1 rings (SSSR count). The zero-order valence-electron chi connectivity index (χ0n) is 7.36. The van der Waals surface area contributed by atoms with Crippen LogP contribution >= 0.6 is 12.6 Å². The molecule has 70 valence electrons. The Labute approximate surface area is 78.7 Å². The molecule has 1 aliphatic heterocycles. The molecule has 2 unspecified atom stereocenters. The fourth-order valence-electron chi connectivity index (χ4n) is 1.55. The number of amides is 1. The first-order valence-electron chi connectivity index (χ1n) is 4.33. The molecule has 3 nitrogen and oxygen atoms in total. The normalized spacial score (nSPS) is 25.9. The number of nitrogens with zero attached hydrogens (tertiary/aromatic N) is 1. The minimum Gasteiger partial charge on any atom is -0.339 e. The highest BCUT2D eigenvalue weighted by molar-refractivity contribution is 7.80. The van der Waals surface area contributed by atoms with Gasteiger partial charge in [-0.2, -0.15) is 12.6 Å². The molecule has 2 atom stereocenters. The van der Waals surface area contributed by atoms with E-state index < -0.39 is 6.04 Å². The van der Waals surface area contributed by atoms with Crippen LogP contribution in [0.25, 0.3) is 0 Å². The Morgan fingerprint density at radius 3 is 2.92 bits per heavy atom. The molecule has 1 fully saturated rings. The summed E-state index contributed by atoms with van der Waals surface area (Å²) in [5.74, 6) is 0.484. The zero-order chi connectivity index (χ0) is 9.14. The van der Waals surface area contributed by atoms with Crippen LogP contribution in [0.2, 0.25) is 0 Å². The molecule has 0 saturated carbocycles. The van der Waals surface area contributed by atoms with Crippen LogP contribution in [0.5, 0.6) is 0 Å². The number of hydrogen-bond donors (Lipinski definition) is 2.